The zero-order chi connectivity index (χ0) is 36.4. The zero-order valence-corrected chi connectivity index (χ0v) is 31.6. The van der Waals surface area contributed by atoms with Crippen LogP contribution in [-0.2, 0) is 28.6 Å². The molecular weight excluding hydrogens is 618 g/mol. The number of carboxylic acid groups (broad SMARTS) is 1. The van der Waals surface area contributed by atoms with Crippen LogP contribution >= 0.6 is 0 Å². The SMILES string of the molecule is CCC/C=C/C=C/C=C/C=C/C=C/CCCCCCCC(=O)OC(COCCC(C(=O)O)[N+](C)(C)C)COC(=O)CCCCCCCCC. The lowest BCUT2D eigenvalue weighted by Gasteiger charge is -2.31. The number of aliphatic carboxylic acids is 1. The maximum Gasteiger partial charge on any atom is 0.362 e. The van der Waals surface area contributed by atoms with Crippen molar-refractivity contribution >= 4 is 17.9 Å². The lowest BCUT2D eigenvalue weighted by molar-refractivity contribution is -0.887. The second-order valence-electron chi connectivity index (χ2n) is 13.6. The van der Waals surface area contributed by atoms with Crippen molar-refractivity contribution in [2.75, 3.05) is 41.0 Å². The Hall–Kier alpha value is -2.97. The van der Waals surface area contributed by atoms with Crippen LogP contribution in [-0.4, -0.2) is 80.6 Å². The van der Waals surface area contributed by atoms with Crippen molar-refractivity contribution in [1.82, 2.24) is 0 Å². The summed E-state index contributed by atoms with van der Waals surface area (Å²) in [5.74, 6) is -1.52. The summed E-state index contributed by atoms with van der Waals surface area (Å²) >= 11 is 0. The van der Waals surface area contributed by atoms with Gasteiger partial charge >= 0.3 is 17.9 Å². The van der Waals surface area contributed by atoms with Crippen LogP contribution in [0, 0.1) is 0 Å². The fraction of sp³-hybridized carbons (Fsp3) is 0.683. The Morgan fingerprint density at radius 1 is 0.612 bits per heavy atom. The van der Waals surface area contributed by atoms with Crippen LogP contribution in [0.3, 0.4) is 0 Å². The van der Waals surface area contributed by atoms with Crippen molar-refractivity contribution in [2.45, 2.75) is 142 Å². The number of carbonyl (C=O) groups is 3. The Labute approximate surface area is 298 Å². The lowest BCUT2D eigenvalue weighted by atomic mass is 10.1. The molecule has 0 saturated carbocycles. The van der Waals surface area contributed by atoms with E-state index in [0.717, 1.165) is 64.2 Å². The first-order valence-corrected chi connectivity index (χ1v) is 18.9. The monoisotopic (exact) mass is 689 g/mol. The summed E-state index contributed by atoms with van der Waals surface area (Å²) in [6.07, 6.45) is 37.0. The van der Waals surface area contributed by atoms with Crippen molar-refractivity contribution in [3.63, 3.8) is 0 Å². The van der Waals surface area contributed by atoms with Crippen molar-refractivity contribution in [2.24, 2.45) is 0 Å². The van der Waals surface area contributed by atoms with Gasteiger partial charge in [-0.25, -0.2) is 4.79 Å². The highest BCUT2D eigenvalue weighted by Crippen LogP contribution is 2.12. The normalized spacial score (nSPS) is 13.7. The molecule has 0 heterocycles. The van der Waals surface area contributed by atoms with Crippen LogP contribution in [0.5, 0.6) is 0 Å². The van der Waals surface area contributed by atoms with Gasteiger partial charge in [-0.05, 0) is 32.1 Å². The molecule has 0 spiro atoms. The van der Waals surface area contributed by atoms with Gasteiger partial charge in [0.2, 0.25) is 0 Å². The Kier molecular flexibility index (Phi) is 30.3. The summed E-state index contributed by atoms with van der Waals surface area (Å²) in [5, 5.41) is 9.56. The summed E-state index contributed by atoms with van der Waals surface area (Å²) < 4.78 is 17.1. The van der Waals surface area contributed by atoms with Gasteiger partial charge in [0, 0.05) is 19.3 Å². The third kappa shape index (κ3) is 30.8. The molecule has 0 amide bonds. The molecule has 0 aliphatic rings. The second kappa shape index (κ2) is 32.2. The minimum atomic E-state index is -0.884. The van der Waals surface area contributed by atoms with Crippen LogP contribution < -0.4 is 0 Å². The highest BCUT2D eigenvalue weighted by Gasteiger charge is 2.31. The molecule has 2 unspecified atom stereocenters. The summed E-state index contributed by atoms with van der Waals surface area (Å²) in [5.41, 5.74) is 0. The van der Waals surface area contributed by atoms with Gasteiger partial charge in [0.15, 0.2) is 12.1 Å². The molecule has 0 aromatic carbocycles. The second-order valence-corrected chi connectivity index (χ2v) is 13.6. The number of nitrogens with zero attached hydrogens (tertiary/aromatic N) is 1. The molecule has 49 heavy (non-hydrogen) atoms. The molecule has 0 aliphatic heterocycles. The molecule has 0 radical (unpaired) electrons. The van der Waals surface area contributed by atoms with E-state index in [2.05, 4.69) is 38.2 Å². The van der Waals surface area contributed by atoms with Gasteiger partial charge < -0.3 is 23.8 Å². The maximum atomic E-state index is 12.6. The average molecular weight is 689 g/mol. The summed E-state index contributed by atoms with van der Waals surface area (Å²) in [4.78, 5) is 36.6. The van der Waals surface area contributed by atoms with Gasteiger partial charge in [-0.1, -0.05) is 139 Å². The number of unbranched alkanes of at least 4 members (excludes halogenated alkanes) is 12. The number of quaternary nitrogens is 1. The fourth-order valence-electron chi connectivity index (χ4n) is 5.06. The molecule has 1 N–H and O–H groups in total. The van der Waals surface area contributed by atoms with Crippen LogP contribution in [0.25, 0.3) is 0 Å². The highest BCUT2D eigenvalue weighted by atomic mass is 16.6. The van der Waals surface area contributed by atoms with Crippen LogP contribution in [0.1, 0.15) is 129 Å². The number of carbonyl (C=O) groups excluding carboxylic acids is 2. The van der Waals surface area contributed by atoms with Crippen LogP contribution in [0.2, 0.25) is 0 Å². The quantitative estimate of drug-likeness (QED) is 0.0325. The number of ether oxygens (including phenoxy) is 3. The number of allylic oxidation sites excluding steroid dienone is 10. The Balaban J connectivity index is 4.45. The fourth-order valence-corrected chi connectivity index (χ4v) is 5.06. The number of hydrogen-bond donors (Lipinski definition) is 1. The number of carboxylic acids is 1. The number of likely N-dealkylation sites (N-methyl/N-ethyl adjacent to an activating group) is 1. The minimum absolute atomic E-state index is 0.0483. The van der Waals surface area contributed by atoms with E-state index in [-0.39, 0.29) is 36.2 Å². The van der Waals surface area contributed by atoms with Crippen LogP contribution in [0.15, 0.2) is 60.8 Å². The largest absolute Gasteiger partial charge is 0.477 e. The van der Waals surface area contributed by atoms with E-state index in [1.807, 2.05) is 57.6 Å². The van der Waals surface area contributed by atoms with E-state index in [1.54, 1.807) is 0 Å². The first kappa shape index (κ1) is 46.0. The number of rotatable bonds is 32. The standard InChI is InChI=1S/C41H69NO7/c1-6-8-10-12-14-15-16-17-18-19-20-21-22-23-24-26-28-30-32-40(44)49-37(35-47-34-33-38(41(45)46)42(3,4)5)36-48-39(43)31-29-27-25-13-11-9-7-2/h10,12,14-21,37-38H,6-9,11,13,22-36H2,1-5H3/p+1/b12-10+,15-14+,17-16+,19-18+,21-20+. The molecule has 0 aromatic heterocycles. The first-order chi connectivity index (χ1) is 23.6. The summed E-state index contributed by atoms with van der Waals surface area (Å²) in [6, 6.07) is -0.619. The van der Waals surface area contributed by atoms with E-state index in [0.29, 0.717) is 19.3 Å². The predicted molar refractivity (Wildman–Crippen MR) is 201 cm³/mol. The minimum Gasteiger partial charge on any atom is -0.477 e. The van der Waals surface area contributed by atoms with Crippen molar-refractivity contribution in [3.8, 4) is 0 Å². The summed E-state index contributed by atoms with van der Waals surface area (Å²) in [6.45, 7) is 4.55. The number of hydrogen-bond acceptors (Lipinski definition) is 6. The van der Waals surface area contributed by atoms with E-state index in [4.69, 9.17) is 14.2 Å². The van der Waals surface area contributed by atoms with Gasteiger partial charge in [-0.15, -0.1) is 0 Å². The Bertz CT molecular complexity index is 990. The molecule has 0 aromatic rings. The molecule has 8 heteroatoms. The molecule has 280 valence electrons. The topological polar surface area (TPSA) is 99.1 Å². The van der Waals surface area contributed by atoms with E-state index < -0.39 is 18.1 Å². The van der Waals surface area contributed by atoms with Gasteiger partial charge in [-0.2, -0.15) is 0 Å². The van der Waals surface area contributed by atoms with Gasteiger partial charge in [0.1, 0.15) is 6.61 Å². The van der Waals surface area contributed by atoms with Crippen LogP contribution in [0.4, 0.5) is 0 Å². The molecule has 0 bridgehead atoms. The van der Waals surface area contributed by atoms with E-state index in [1.165, 1.54) is 32.1 Å². The van der Waals surface area contributed by atoms with Gasteiger partial charge in [0.05, 0.1) is 34.4 Å². The van der Waals surface area contributed by atoms with Gasteiger partial charge in [-0.3, -0.25) is 9.59 Å². The Morgan fingerprint density at radius 2 is 1.12 bits per heavy atom. The van der Waals surface area contributed by atoms with E-state index in [9.17, 15) is 19.5 Å². The average Bonchev–Trinajstić information content (AvgIpc) is 3.05. The van der Waals surface area contributed by atoms with Crippen molar-refractivity contribution < 1.29 is 38.2 Å². The molecule has 0 saturated heterocycles. The lowest BCUT2D eigenvalue weighted by Crippen LogP contribution is -2.50. The van der Waals surface area contributed by atoms with E-state index >= 15 is 0 Å². The first-order valence-electron chi connectivity index (χ1n) is 18.9. The third-order valence-electron chi connectivity index (χ3n) is 8.03. The third-order valence-corrected chi connectivity index (χ3v) is 8.03. The zero-order valence-electron chi connectivity index (χ0n) is 31.6. The van der Waals surface area contributed by atoms with Crippen molar-refractivity contribution in [3.05, 3.63) is 60.8 Å². The molecule has 0 fully saturated rings. The highest BCUT2D eigenvalue weighted by molar-refractivity contribution is 5.72. The predicted octanol–water partition coefficient (Wildman–Crippen LogP) is 9.46. The smallest absolute Gasteiger partial charge is 0.362 e. The van der Waals surface area contributed by atoms with Gasteiger partial charge in [0.25, 0.3) is 0 Å². The molecule has 0 aliphatic carbocycles. The summed E-state index contributed by atoms with van der Waals surface area (Å²) in [7, 11) is 5.49. The Morgan fingerprint density at radius 3 is 1.67 bits per heavy atom. The molecule has 8 nitrogen and oxygen atoms in total. The molecular formula is C41H70NO7+. The molecule has 0 rings (SSSR count). The maximum absolute atomic E-state index is 12.6. The van der Waals surface area contributed by atoms with Crippen molar-refractivity contribution in [1.29, 1.82) is 0 Å². The molecule has 2 atom stereocenters. The number of esters is 2.